The van der Waals surface area contributed by atoms with Gasteiger partial charge in [-0.25, -0.2) is 4.79 Å². The zero-order valence-corrected chi connectivity index (χ0v) is 10.3. The number of benzene rings is 1. The van der Waals surface area contributed by atoms with E-state index in [0.29, 0.717) is 12.1 Å². The molecule has 0 fully saturated rings. The minimum absolute atomic E-state index is 0.0467. The summed E-state index contributed by atoms with van der Waals surface area (Å²) in [6, 6.07) is 8.71. The lowest BCUT2D eigenvalue weighted by Gasteiger charge is -2.02. The van der Waals surface area contributed by atoms with Crippen LogP contribution in [0.15, 0.2) is 44.4 Å². The second kappa shape index (κ2) is 4.58. The average Bonchev–Trinajstić information content (AvgIpc) is 2.29. The molecule has 2 rings (SSSR count). The van der Waals surface area contributed by atoms with Crippen molar-refractivity contribution >= 4 is 15.9 Å². The van der Waals surface area contributed by atoms with Crippen LogP contribution in [-0.2, 0) is 6.42 Å². The fraction of sp³-hybridized carbons (Fsp3) is 0.0909. The molecule has 5 nitrogen and oxygen atoms in total. The fourth-order valence-corrected chi connectivity index (χ4v) is 1.72. The first kappa shape index (κ1) is 11.7. The number of hydrogen-bond acceptors (Lipinski definition) is 3. The van der Waals surface area contributed by atoms with Crippen LogP contribution in [0.4, 0.5) is 0 Å². The number of rotatable bonds is 2. The monoisotopic (exact) mass is 296 g/mol. The lowest BCUT2D eigenvalue weighted by atomic mass is 10.1. The van der Waals surface area contributed by atoms with Crippen molar-refractivity contribution in [3.05, 3.63) is 66.9 Å². The van der Waals surface area contributed by atoms with Crippen LogP contribution in [0.25, 0.3) is 0 Å². The number of halogens is 1. The van der Waals surface area contributed by atoms with Gasteiger partial charge in [-0.1, -0.05) is 32.8 Å². The van der Waals surface area contributed by atoms with Crippen LogP contribution in [0.1, 0.15) is 11.3 Å². The van der Waals surface area contributed by atoms with Gasteiger partial charge in [0.25, 0.3) is 5.56 Å². The van der Waals surface area contributed by atoms with Crippen molar-refractivity contribution in [2.45, 2.75) is 6.42 Å². The molecule has 0 aliphatic carbocycles. The molecule has 0 saturated carbocycles. The third-order valence-electron chi connectivity index (χ3n) is 2.27. The Hall–Kier alpha value is -1.82. The first-order chi connectivity index (χ1) is 8.06. The maximum absolute atomic E-state index is 11.2. The summed E-state index contributed by atoms with van der Waals surface area (Å²) in [5.74, 6) is 0. The number of nitrogens with zero attached hydrogens (tertiary/aromatic N) is 1. The number of H-pyrrole nitrogens is 1. The van der Waals surface area contributed by atoms with Gasteiger partial charge >= 0.3 is 5.69 Å². The molecule has 0 aliphatic heterocycles. The van der Waals surface area contributed by atoms with Crippen LogP contribution in [-0.4, -0.2) is 14.9 Å². The Morgan fingerprint density at radius 2 is 1.88 bits per heavy atom. The minimum atomic E-state index is -0.829. The van der Waals surface area contributed by atoms with Crippen molar-refractivity contribution < 1.29 is 5.21 Å². The molecule has 1 aromatic heterocycles. The fourth-order valence-electron chi connectivity index (χ4n) is 1.45. The molecule has 0 atom stereocenters. The molecule has 0 amide bonds. The molecule has 0 unspecified atom stereocenters. The van der Waals surface area contributed by atoms with E-state index in [-0.39, 0.29) is 4.73 Å². The normalized spacial score (nSPS) is 10.4. The van der Waals surface area contributed by atoms with Crippen molar-refractivity contribution in [1.82, 2.24) is 9.71 Å². The molecule has 6 heteroatoms. The van der Waals surface area contributed by atoms with Crippen molar-refractivity contribution in [3.63, 3.8) is 0 Å². The highest BCUT2D eigenvalue weighted by molar-refractivity contribution is 9.10. The number of nitrogens with one attached hydrogen (secondary N) is 1. The van der Waals surface area contributed by atoms with Gasteiger partial charge in [-0.05, 0) is 17.7 Å². The summed E-state index contributed by atoms with van der Waals surface area (Å²) in [7, 11) is 0. The van der Waals surface area contributed by atoms with Crippen LogP contribution < -0.4 is 11.2 Å². The second-order valence-corrected chi connectivity index (χ2v) is 4.47. The van der Waals surface area contributed by atoms with E-state index in [0.717, 1.165) is 10.0 Å². The number of hydrogen-bond donors (Lipinski definition) is 2. The summed E-state index contributed by atoms with van der Waals surface area (Å²) >= 11 is 3.32. The molecular formula is C11H9BrN2O3. The quantitative estimate of drug-likeness (QED) is 0.816. The topological polar surface area (TPSA) is 75.1 Å². The van der Waals surface area contributed by atoms with E-state index in [4.69, 9.17) is 5.21 Å². The predicted molar refractivity (Wildman–Crippen MR) is 65.5 cm³/mol. The number of aromatic nitrogens is 2. The Morgan fingerprint density at radius 3 is 2.47 bits per heavy atom. The SMILES string of the molecule is O=c1cc(Cc2ccc(Br)cc2)[nH]c(=O)n1O. The lowest BCUT2D eigenvalue weighted by Crippen LogP contribution is -2.33. The zero-order valence-electron chi connectivity index (χ0n) is 8.68. The molecule has 1 aromatic carbocycles. The molecular weight excluding hydrogens is 288 g/mol. The largest absolute Gasteiger partial charge is 0.421 e. The van der Waals surface area contributed by atoms with E-state index in [9.17, 15) is 9.59 Å². The molecule has 0 bridgehead atoms. The van der Waals surface area contributed by atoms with Gasteiger partial charge in [0.05, 0.1) is 0 Å². The second-order valence-electron chi connectivity index (χ2n) is 3.55. The summed E-state index contributed by atoms with van der Waals surface area (Å²) in [5, 5.41) is 8.99. The molecule has 17 heavy (non-hydrogen) atoms. The molecule has 0 aliphatic rings. The summed E-state index contributed by atoms with van der Waals surface area (Å²) in [4.78, 5) is 24.8. The molecule has 1 heterocycles. The van der Waals surface area contributed by atoms with E-state index >= 15 is 0 Å². The molecule has 88 valence electrons. The zero-order chi connectivity index (χ0) is 12.4. The van der Waals surface area contributed by atoms with Gasteiger partial charge in [0.1, 0.15) is 0 Å². The average molecular weight is 297 g/mol. The molecule has 2 aromatic rings. The standard InChI is InChI=1S/C11H9BrN2O3/c12-8-3-1-7(2-4-8)5-9-6-10(15)14(17)11(16)13-9/h1-4,6,17H,5H2,(H,13,16). The van der Waals surface area contributed by atoms with Crippen molar-refractivity contribution in [1.29, 1.82) is 0 Å². The maximum atomic E-state index is 11.2. The maximum Gasteiger partial charge on any atom is 0.362 e. The van der Waals surface area contributed by atoms with E-state index in [2.05, 4.69) is 20.9 Å². The lowest BCUT2D eigenvalue weighted by molar-refractivity contribution is 0.160. The molecule has 0 spiro atoms. The molecule has 0 radical (unpaired) electrons. The Morgan fingerprint density at radius 1 is 1.24 bits per heavy atom. The van der Waals surface area contributed by atoms with E-state index in [1.54, 1.807) is 0 Å². The van der Waals surface area contributed by atoms with Crippen LogP contribution in [0.5, 0.6) is 0 Å². The Bertz CT molecular complexity index is 612. The van der Waals surface area contributed by atoms with Crippen molar-refractivity contribution in [2.75, 3.05) is 0 Å². The van der Waals surface area contributed by atoms with Crippen LogP contribution in [0, 0.1) is 0 Å². The van der Waals surface area contributed by atoms with E-state index in [1.165, 1.54) is 6.07 Å². The first-order valence-corrected chi connectivity index (χ1v) is 5.64. The highest BCUT2D eigenvalue weighted by atomic mass is 79.9. The summed E-state index contributed by atoms with van der Waals surface area (Å²) < 4.78 is 1.01. The van der Waals surface area contributed by atoms with Gasteiger partial charge in [-0.15, -0.1) is 0 Å². The smallest absolute Gasteiger partial charge is 0.362 e. The predicted octanol–water partition coefficient (Wildman–Crippen LogP) is 1.13. The highest BCUT2D eigenvalue weighted by Crippen LogP contribution is 2.12. The van der Waals surface area contributed by atoms with Crippen molar-refractivity contribution in [3.8, 4) is 0 Å². The summed E-state index contributed by atoms with van der Waals surface area (Å²) in [6.07, 6.45) is 0.429. The Kier molecular flexibility index (Phi) is 3.14. The Balaban J connectivity index is 2.34. The molecule has 0 saturated heterocycles. The summed E-state index contributed by atoms with van der Waals surface area (Å²) in [6.45, 7) is 0. The number of aromatic amines is 1. The van der Waals surface area contributed by atoms with Gasteiger partial charge in [0, 0.05) is 22.7 Å². The van der Waals surface area contributed by atoms with Crippen LogP contribution >= 0.6 is 15.9 Å². The van der Waals surface area contributed by atoms with E-state index in [1.807, 2.05) is 24.3 Å². The minimum Gasteiger partial charge on any atom is -0.421 e. The third kappa shape index (κ3) is 2.65. The summed E-state index contributed by atoms with van der Waals surface area (Å²) in [5.41, 5.74) is -0.142. The molecule has 2 N–H and O–H groups in total. The van der Waals surface area contributed by atoms with Crippen molar-refractivity contribution in [2.24, 2.45) is 0 Å². The van der Waals surface area contributed by atoms with Gasteiger partial charge in [-0.2, -0.15) is 0 Å². The van der Waals surface area contributed by atoms with Gasteiger partial charge in [-0.3, -0.25) is 4.79 Å². The van der Waals surface area contributed by atoms with Gasteiger partial charge in [0.15, 0.2) is 0 Å². The van der Waals surface area contributed by atoms with Gasteiger partial charge < -0.3 is 10.2 Å². The highest BCUT2D eigenvalue weighted by Gasteiger charge is 2.03. The van der Waals surface area contributed by atoms with Crippen LogP contribution in [0.2, 0.25) is 0 Å². The Labute approximate surface area is 104 Å². The first-order valence-electron chi connectivity index (χ1n) is 4.85. The van der Waals surface area contributed by atoms with Gasteiger partial charge in [0.2, 0.25) is 0 Å². The van der Waals surface area contributed by atoms with Crippen LogP contribution in [0.3, 0.4) is 0 Å². The van der Waals surface area contributed by atoms with E-state index < -0.39 is 11.2 Å². The third-order valence-corrected chi connectivity index (χ3v) is 2.80.